The molecular weight excluding hydrogens is 278 g/mol. The van der Waals surface area contributed by atoms with Crippen LogP contribution in [0.3, 0.4) is 0 Å². The molecule has 22 heavy (non-hydrogen) atoms. The highest BCUT2D eigenvalue weighted by molar-refractivity contribution is 6.01. The van der Waals surface area contributed by atoms with Gasteiger partial charge in [-0.15, -0.1) is 0 Å². The summed E-state index contributed by atoms with van der Waals surface area (Å²) in [5, 5.41) is 2.80. The Hall–Kier alpha value is -2.75. The fourth-order valence-corrected chi connectivity index (χ4v) is 1.90. The van der Waals surface area contributed by atoms with Crippen LogP contribution in [0.15, 0.2) is 54.6 Å². The van der Waals surface area contributed by atoms with Crippen molar-refractivity contribution in [2.75, 3.05) is 19.0 Å². The first kappa shape index (κ1) is 15.6. The number of ether oxygens (including phenoxy) is 2. The second-order valence-corrected chi connectivity index (χ2v) is 4.56. The Labute approximate surface area is 130 Å². The fourth-order valence-electron chi connectivity index (χ4n) is 1.90. The lowest BCUT2D eigenvalue weighted by Crippen LogP contribution is -2.07. The summed E-state index contributed by atoms with van der Waals surface area (Å²) in [5.74, 6) is 1.36. The van der Waals surface area contributed by atoms with Crippen molar-refractivity contribution in [1.29, 1.82) is 0 Å². The maximum absolute atomic E-state index is 11.9. The number of carbonyl (C=O) groups is 1. The summed E-state index contributed by atoms with van der Waals surface area (Å²) >= 11 is 0. The van der Waals surface area contributed by atoms with Crippen LogP contribution in [0, 0.1) is 0 Å². The van der Waals surface area contributed by atoms with Crippen molar-refractivity contribution in [1.82, 2.24) is 0 Å². The van der Waals surface area contributed by atoms with Gasteiger partial charge < -0.3 is 14.8 Å². The Morgan fingerprint density at radius 2 is 1.91 bits per heavy atom. The standard InChI is InChI=1S/C18H19NO3/c1-3-22-16-10-8-15(9-11-16)19-18(20)12-7-14-5-4-6-17(13-14)21-2/h4-13H,3H2,1-2H3,(H,19,20)/b12-7+. The number of rotatable bonds is 6. The van der Waals surface area contributed by atoms with E-state index < -0.39 is 0 Å². The van der Waals surface area contributed by atoms with E-state index in [2.05, 4.69) is 5.32 Å². The average molecular weight is 297 g/mol. The molecule has 0 fully saturated rings. The first-order valence-electron chi connectivity index (χ1n) is 7.07. The lowest BCUT2D eigenvalue weighted by atomic mass is 10.2. The van der Waals surface area contributed by atoms with E-state index in [9.17, 15) is 4.79 Å². The van der Waals surface area contributed by atoms with Crippen molar-refractivity contribution in [3.63, 3.8) is 0 Å². The van der Waals surface area contributed by atoms with Gasteiger partial charge in [0.15, 0.2) is 0 Å². The number of methoxy groups -OCH3 is 1. The highest BCUT2D eigenvalue weighted by Crippen LogP contribution is 2.16. The van der Waals surface area contributed by atoms with Crippen molar-refractivity contribution in [3.8, 4) is 11.5 Å². The largest absolute Gasteiger partial charge is 0.497 e. The van der Waals surface area contributed by atoms with Crippen LogP contribution < -0.4 is 14.8 Å². The summed E-state index contributed by atoms with van der Waals surface area (Å²) in [7, 11) is 1.61. The Bertz CT molecular complexity index is 648. The lowest BCUT2D eigenvalue weighted by molar-refractivity contribution is -0.111. The second-order valence-electron chi connectivity index (χ2n) is 4.56. The molecule has 0 aliphatic carbocycles. The lowest BCUT2D eigenvalue weighted by Gasteiger charge is -2.05. The molecule has 0 bridgehead atoms. The topological polar surface area (TPSA) is 47.6 Å². The van der Waals surface area contributed by atoms with Gasteiger partial charge in [0.1, 0.15) is 11.5 Å². The number of carbonyl (C=O) groups excluding carboxylic acids is 1. The van der Waals surface area contributed by atoms with Crippen LogP contribution in [0.25, 0.3) is 6.08 Å². The monoisotopic (exact) mass is 297 g/mol. The van der Waals surface area contributed by atoms with E-state index in [1.807, 2.05) is 55.5 Å². The van der Waals surface area contributed by atoms with E-state index >= 15 is 0 Å². The minimum atomic E-state index is -0.188. The number of amides is 1. The van der Waals surface area contributed by atoms with Crippen molar-refractivity contribution in [2.24, 2.45) is 0 Å². The van der Waals surface area contributed by atoms with E-state index in [0.29, 0.717) is 6.61 Å². The van der Waals surface area contributed by atoms with Crippen LogP contribution in [0.4, 0.5) is 5.69 Å². The van der Waals surface area contributed by atoms with E-state index in [0.717, 1.165) is 22.7 Å². The summed E-state index contributed by atoms with van der Waals surface area (Å²) in [5.41, 5.74) is 1.63. The zero-order chi connectivity index (χ0) is 15.8. The molecule has 0 spiro atoms. The zero-order valence-corrected chi connectivity index (χ0v) is 12.7. The maximum Gasteiger partial charge on any atom is 0.248 e. The molecule has 0 saturated heterocycles. The molecular formula is C18H19NO3. The molecule has 2 aromatic rings. The predicted octanol–water partition coefficient (Wildman–Crippen LogP) is 3.75. The molecule has 0 aliphatic heterocycles. The van der Waals surface area contributed by atoms with Gasteiger partial charge in [-0.2, -0.15) is 0 Å². The summed E-state index contributed by atoms with van der Waals surface area (Å²) in [6.07, 6.45) is 3.23. The molecule has 2 aromatic carbocycles. The molecule has 0 radical (unpaired) electrons. The first-order valence-corrected chi connectivity index (χ1v) is 7.07. The minimum Gasteiger partial charge on any atom is -0.497 e. The van der Waals surface area contributed by atoms with Crippen LogP contribution >= 0.6 is 0 Å². The van der Waals surface area contributed by atoms with Crippen molar-refractivity contribution in [3.05, 3.63) is 60.2 Å². The molecule has 1 N–H and O–H groups in total. The fraction of sp³-hybridized carbons (Fsp3) is 0.167. The van der Waals surface area contributed by atoms with Gasteiger partial charge in [-0.1, -0.05) is 12.1 Å². The van der Waals surface area contributed by atoms with E-state index in [-0.39, 0.29) is 5.91 Å². The third-order valence-electron chi connectivity index (χ3n) is 2.95. The highest BCUT2D eigenvalue weighted by Gasteiger charge is 1.99. The van der Waals surface area contributed by atoms with E-state index in [1.165, 1.54) is 6.08 Å². The second kappa shape index (κ2) is 7.88. The van der Waals surface area contributed by atoms with E-state index in [1.54, 1.807) is 13.2 Å². The summed E-state index contributed by atoms with van der Waals surface area (Å²) < 4.78 is 10.5. The number of benzene rings is 2. The Kier molecular flexibility index (Phi) is 5.60. The number of anilines is 1. The van der Waals surface area contributed by atoms with Crippen LogP contribution in [-0.4, -0.2) is 19.6 Å². The number of nitrogens with one attached hydrogen (secondary N) is 1. The molecule has 4 heteroatoms. The summed E-state index contributed by atoms with van der Waals surface area (Å²) in [6.45, 7) is 2.55. The van der Waals surface area contributed by atoms with E-state index in [4.69, 9.17) is 9.47 Å². The maximum atomic E-state index is 11.9. The summed E-state index contributed by atoms with van der Waals surface area (Å²) in [4.78, 5) is 11.9. The van der Waals surface area contributed by atoms with Gasteiger partial charge in [0.2, 0.25) is 5.91 Å². The SMILES string of the molecule is CCOc1ccc(NC(=O)/C=C/c2cccc(OC)c2)cc1. The third kappa shape index (κ3) is 4.66. The minimum absolute atomic E-state index is 0.188. The molecule has 0 saturated carbocycles. The zero-order valence-electron chi connectivity index (χ0n) is 12.7. The number of hydrogen-bond acceptors (Lipinski definition) is 3. The molecule has 1 amide bonds. The van der Waals surface area contributed by atoms with Gasteiger partial charge in [-0.25, -0.2) is 0 Å². The van der Waals surface area contributed by atoms with Crippen LogP contribution in [-0.2, 0) is 4.79 Å². The van der Waals surface area contributed by atoms with Gasteiger partial charge in [0.25, 0.3) is 0 Å². The molecule has 0 heterocycles. The Morgan fingerprint density at radius 3 is 2.59 bits per heavy atom. The first-order chi connectivity index (χ1) is 10.7. The quantitative estimate of drug-likeness (QED) is 0.826. The van der Waals surface area contributed by atoms with Gasteiger partial charge >= 0.3 is 0 Å². The highest BCUT2D eigenvalue weighted by atomic mass is 16.5. The van der Waals surface area contributed by atoms with Crippen molar-refractivity contribution >= 4 is 17.7 Å². The van der Waals surface area contributed by atoms with Crippen LogP contribution in [0.1, 0.15) is 12.5 Å². The third-order valence-corrected chi connectivity index (χ3v) is 2.95. The molecule has 0 atom stereocenters. The normalized spacial score (nSPS) is 10.5. The van der Waals surface area contributed by atoms with Gasteiger partial charge in [0.05, 0.1) is 13.7 Å². The average Bonchev–Trinajstić information content (AvgIpc) is 2.55. The number of hydrogen-bond donors (Lipinski definition) is 1. The molecule has 0 aromatic heterocycles. The van der Waals surface area contributed by atoms with Crippen molar-refractivity contribution in [2.45, 2.75) is 6.92 Å². The van der Waals surface area contributed by atoms with Crippen LogP contribution in [0.5, 0.6) is 11.5 Å². The molecule has 114 valence electrons. The van der Waals surface area contributed by atoms with Gasteiger partial charge in [-0.3, -0.25) is 4.79 Å². The molecule has 0 unspecified atom stereocenters. The molecule has 0 aliphatic rings. The van der Waals surface area contributed by atoms with Crippen LogP contribution in [0.2, 0.25) is 0 Å². The Morgan fingerprint density at radius 1 is 1.14 bits per heavy atom. The predicted molar refractivity (Wildman–Crippen MR) is 88.3 cm³/mol. The van der Waals surface area contributed by atoms with Crippen molar-refractivity contribution < 1.29 is 14.3 Å². The Balaban J connectivity index is 1.95. The molecule has 2 rings (SSSR count). The summed E-state index contributed by atoms with van der Waals surface area (Å²) in [6, 6.07) is 14.8. The van der Waals surface area contributed by atoms with Gasteiger partial charge in [0, 0.05) is 11.8 Å². The van der Waals surface area contributed by atoms with Gasteiger partial charge in [-0.05, 0) is 55.0 Å². The molecule has 4 nitrogen and oxygen atoms in total. The smallest absolute Gasteiger partial charge is 0.248 e.